The van der Waals surface area contributed by atoms with Gasteiger partial charge in [0, 0.05) is 28.0 Å². The number of alkyl halides is 1. The second-order valence-corrected chi connectivity index (χ2v) is 5.61. The molecule has 1 N–H and O–H groups in total. The predicted octanol–water partition coefficient (Wildman–Crippen LogP) is 4.50. The zero-order chi connectivity index (χ0) is 12.1. The quantitative estimate of drug-likeness (QED) is 0.786. The first-order valence-corrected chi connectivity index (χ1v) is 7.15. The molecule has 0 bridgehead atoms. The summed E-state index contributed by atoms with van der Waals surface area (Å²) in [5.41, 5.74) is 1.04. The maximum Gasteiger partial charge on any atom is 0.0451 e. The third-order valence-corrected chi connectivity index (χ3v) is 3.83. The molecule has 1 aromatic rings. The summed E-state index contributed by atoms with van der Waals surface area (Å²) in [5, 5.41) is 5.88. The first kappa shape index (κ1) is 14.3. The van der Waals surface area contributed by atoms with Crippen LogP contribution in [0.1, 0.15) is 19.4 Å². The molecule has 16 heavy (non-hydrogen) atoms. The van der Waals surface area contributed by atoms with Gasteiger partial charge in [0.05, 0.1) is 0 Å². The Balaban J connectivity index is 2.63. The minimum Gasteiger partial charge on any atom is -0.309 e. The van der Waals surface area contributed by atoms with E-state index in [0.29, 0.717) is 12.0 Å². The summed E-state index contributed by atoms with van der Waals surface area (Å²) >= 11 is 15.5. The van der Waals surface area contributed by atoms with Crippen LogP contribution in [0.15, 0.2) is 18.2 Å². The summed E-state index contributed by atoms with van der Waals surface area (Å²) in [5.74, 6) is 0.581. The van der Waals surface area contributed by atoms with Crippen molar-refractivity contribution in [3.63, 3.8) is 0 Å². The fourth-order valence-corrected chi connectivity index (χ4v) is 2.74. The molecule has 0 saturated heterocycles. The Morgan fingerprint density at radius 1 is 1.31 bits per heavy atom. The molecule has 0 aliphatic carbocycles. The highest BCUT2D eigenvalue weighted by atomic mass is 79.9. The number of hydrogen-bond donors (Lipinski definition) is 1. The molecular formula is C12H16BrCl2N. The number of hydrogen-bond acceptors (Lipinski definition) is 1. The Kier molecular flexibility index (Phi) is 6.12. The standard InChI is InChI=1S/C12H16BrCl2N/c1-8(2)12(6-13)16-7-9-5-10(14)3-4-11(9)15/h3-5,8,12,16H,6-7H2,1-2H3. The fourth-order valence-electron chi connectivity index (χ4n) is 1.39. The van der Waals surface area contributed by atoms with Gasteiger partial charge in [-0.2, -0.15) is 0 Å². The molecule has 1 rings (SSSR count). The van der Waals surface area contributed by atoms with Crippen LogP contribution in [-0.4, -0.2) is 11.4 Å². The van der Waals surface area contributed by atoms with Crippen molar-refractivity contribution >= 4 is 39.1 Å². The lowest BCUT2D eigenvalue weighted by molar-refractivity contribution is 0.434. The van der Waals surface area contributed by atoms with Crippen LogP contribution in [-0.2, 0) is 6.54 Å². The van der Waals surface area contributed by atoms with E-state index in [1.807, 2.05) is 12.1 Å². The molecule has 0 aromatic heterocycles. The monoisotopic (exact) mass is 323 g/mol. The molecule has 1 unspecified atom stereocenters. The van der Waals surface area contributed by atoms with Crippen LogP contribution >= 0.6 is 39.1 Å². The van der Waals surface area contributed by atoms with Crippen molar-refractivity contribution in [2.75, 3.05) is 5.33 Å². The van der Waals surface area contributed by atoms with Crippen LogP contribution in [0.25, 0.3) is 0 Å². The normalized spacial score (nSPS) is 13.1. The Bertz CT molecular complexity index is 342. The van der Waals surface area contributed by atoms with Crippen LogP contribution in [0.5, 0.6) is 0 Å². The molecule has 0 radical (unpaired) electrons. The van der Waals surface area contributed by atoms with Gasteiger partial charge in [-0.25, -0.2) is 0 Å². The van der Waals surface area contributed by atoms with Gasteiger partial charge in [-0.3, -0.25) is 0 Å². The molecule has 0 heterocycles. The summed E-state index contributed by atoms with van der Waals surface area (Å²) < 4.78 is 0. The van der Waals surface area contributed by atoms with Gasteiger partial charge in [0.2, 0.25) is 0 Å². The van der Waals surface area contributed by atoms with E-state index < -0.39 is 0 Å². The van der Waals surface area contributed by atoms with Gasteiger partial charge in [0.1, 0.15) is 0 Å². The van der Waals surface area contributed by atoms with Crippen molar-refractivity contribution in [3.05, 3.63) is 33.8 Å². The predicted molar refractivity (Wildman–Crippen MR) is 75.7 cm³/mol. The third kappa shape index (κ3) is 4.25. The van der Waals surface area contributed by atoms with Gasteiger partial charge in [0.15, 0.2) is 0 Å². The lowest BCUT2D eigenvalue weighted by atomic mass is 10.1. The summed E-state index contributed by atoms with van der Waals surface area (Å²) in [7, 11) is 0. The van der Waals surface area contributed by atoms with Crippen LogP contribution < -0.4 is 5.32 Å². The summed E-state index contributed by atoms with van der Waals surface area (Å²) in [6.07, 6.45) is 0. The SMILES string of the molecule is CC(C)C(CBr)NCc1cc(Cl)ccc1Cl. The van der Waals surface area contributed by atoms with E-state index in [0.717, 1.165) is 27.5 Å². The highest BCUT2D eigenvalue weighted by molar-refractivity contribution is 9.09. The smallest absolute Gasteiger partial charge is 0.0451 e. The van der Waals surface area contributed by atoms with E-state index in [9.17, 15) is 0 Å². The Morgan fingerprint density at radius 2 is 2.00 bits per heavy atom. The summed E-state index contributed by atoms with van der Waals surface area (Å²) in [6, 6.07) is 5.98. The second kappa shape index (κ2) is 6.85. The molecule has 0 amide bonds. The molecule has 0 spiro atoms. The topological polar surface area (TPSA) is 12.0 Å². The fraction of sp³-hybridized carbons (Fsp3) is 0.500. The molecular weight excluding hydrogens is 309 g/mol. The van der Waals surface area contributed by atoms with Crippen LogP contribution in [0.3, 0.4) is 0 Å². The zero-order valence-electron chi connectivity index (χ0n) is 9.43. The summed E-state index contributed by atoms with van der Waals surface area (Å²) in [4.78, 5) is 0. The van der Waals surface area contributed by atoms with Crippen molar-refractivity contribution in [3.8, 4) is 0 Å². The van der Waals surface area contributed by atoms with Crippen molar-refractivity contribution < 1.29 is 0 Å². The van der Waals surface area contributed by atoms with E-state index in [4.69, 9.17) is 23.2 Å². The Labute approximate surface area is 116 Å². The largest absolute Gasteiger partial charge is 0.309 e. The van der Waals surface area contributed by atoms with Gasteiger partial charge in [-0.1, -0.05) is 53.0 Å². The second-order valence-electron chi connectivity index (χ2n) is 4.12. The van der Waals surface area contributed by atoms with Crippen molar-refractivity contribution in [2.45, 2.75) is 26.4 Å². The minimum atomic E-state index is 0.440. The van der Waals surface area contributed by atoms with Crippen molar-refractivity contribution in [1.29, 1.82) is 0 Å². The van der Waals surface area contributed by atoms with Crippen LogP contribution in [0.4, 0.5) is 0 Å². The zero-order valence-corrected chi connectivity index (χ0v) is 12.5. The van der Waals surface area contributed by atoms with E-state index in [1.54, 1.807) is 6.07 Å². The Morgan fingerprint density at radius 3 is 2.56 bits per heavy atom. The average molecular weight is 325 g/mol. The summed E-state index contributed by atoms with van der Waals surface area (Å²) in [6.45, 7) is 5.13. The van der Waals surface area contributed by atoms with Gasteiger partial charge < -0.3 is 5.32 Å². The van der Waals surface area contributed by atoms with Gasteiger partial charge in [-0.05, 0) is 29.7 Å². The number of nitrogens with one attached hydrogen (secondary N) is 1. The molecule has 1 atom stereocenters. The molecule has 1 aromatic carbocycles. The highest BCUT2D eigenvalue weighted by Crippen LogP contribution is 2.20. The molecule has 4 heteroatoms. The van der Waals surface area contributed by atoms with Gasteiger partial charge >= 0.3 is 0 Å². The lowest BCUT2D eigenvalue weighted by Crippen LogP contribution is -2.34. The first-order chi connectivity index (χ1) is 7.54. The molecule has 90 valence electrons. The minimum absolute atomic E-state index is 0.440. The molecule has 1 nitrogen and oxygen atoms in total. The van der Waals surface area contributed by atoms with Crippen molar-refractivity contribution in [1.82, 2.24) is 5.32 Å². The first-order valence-electron chi connectivity index (χ1n) is 5.28. The number of halogens is 3. The van der Waals surface area contributed by atoms with Crippen LogP contribution in [0.2, 0.25) is 10.0 Å². The average Bonchev–Trinajstić information content (AvgIpc) is 2.23. The molecule has 0 fully saturated rings. The van der Waals surface area contributed by atoms with Gasteiger partial charge in [0.25, 0.3) is 0 Å². The van der Waals surface area contributed by atoms with E-state index in [1.165, 1.54) is 0 Å². The maximum absolute atomic E-state index is 6.09. The molecule has 0 aliphatic rings. The van der Waals surface area contributed by atoms with Crippen molar-refractivity contribution in [2.24, 2.45) is 5.92 Å². The Hall–Kier alpha value is 0.240. The third-order valence-electron chi connectivity index (χ3n) is 2.53. The number of rotatable bonds is 5. The van der Waals surface area contributed by atoms with E-state index in [2.05, 4.69) is 35.1 Å². The van der Waals surface area contributed by atoms with Crippen LogP contribution in [0, 0.1) is 5.92 Å². The van der Waals surface area contributed by atoms with E-state index >= 15 is 0 Å². The highest BCUT2D eigenvalue weighted by Gasteiger charge is 2.11. The van der Waals surface area contributed by atoms with E-state index in [-0.39, 0.29) is 0 Å². The van der Waals surface area contributed by atoms with Gasteiger partial charge in [-0.15, -0.1) is 0 Å². The maximum atomic E-state index is 6.09. The molecule has 0 saturated carbocycles. The number of benzene rings is 1. The lowest BCUT2D eigenvalue weighted by Gasteiger charge is -2.20. The molecule has 0 aliphatic heterocycles.